The van der Waals surface area contributed by atoms with Crippen LogP contribution in [0.3, 0.4) is 0 Å². The summed E-state index contributed by atoms with van der Waals surface area (Å²) in [5, 5.41) is 5.50. The summed E-state index contributed by atoms with van der Waals surface area (Å²) in [5.41, 5.74) is 3.60. The Morgan fingerprint density at radius 3 is 2.65 bits per heavy atom. The Labute approximate surface area is 110 Å². The molecule has 1 aromatic heterocycles. The van der Waals surface area contributed by atoms with Crippen molar-refractivity contribution in [3.8, 4) is 0 Å². The molecule has 0 saturated heterocycles. The van der Waals surface area contributed by atoms with Crippen LogP contribution < -0.4 is 5.32 Å². The summed E-state index contributed by atoms with van der Waals surface area (Å²) in [5.74, 6) is 1.04. The Bertz CT molecular complexity index is 463. The molecule has 0 aliphatic heterocycles. The van der Waals surface area contributed by atoms with E-state index in [0.29, 0.717) is 0 Å². The minimum absolute atomic E-state index is 0.965. The number of aromatic nitrogens is 1. The van der Waals surface area contributed by atoms with Gasteiger partial charge in [-0.05, 0) is 26.0 Å². The van der Waals surface area contributed by atoms with Gasteiger partial charge in [0.1, 0.15) is 4.34 Å². The van der Waals surface area contributed by atoms with Crippen molar-refractivity contribution in [1.82, 2.24) is 4.98 Å². The molecule has 1 heterocycles. The molecule has 0 bridgehead atoms. The van der Waals surface area contributed by atoms with E-state index in [-0.39, 0.29) is 0 Å². The Morgan fingerprint density at radius 2 is 2.00 bits per heavy atom. The van der Waals surface area contributed by atoms with Crippen molar-refractivity contribution in [1.29, 1.82) is 0 Å². The number of thioether (sulfide) groups is 1. The summed E-state index contributed by atoms with van der Waals surface area (Å²) >= 11 is 3.53. The predicted octanol–water partition coefficient (Wildman–Crippen LogP) is 3.96. The lowest BCUT2D eigenvalue weighted by Crippen LogP contribution is -2.03. The second kappa shape index (κ2) is 6.07. The number of hydrogen-bond donors (Lipinski definition) is 1. The SMILES string of the molecule is Cc1ccc(NCCSc2nc(C)cs2)cc1. The van der Waals surface area contributed by atoms with Crippen molar-refractivity contribution in [3.05, 3.63) is 40.9 Å². The Balaban J connectivity index is 1.71. The van der Waals surface area contributed by atoms with Gasteiger partial charge in [0.25, 0.3) is 0 Å². The van der Waals surface area contributed by atoms with Crippen molar-refractivity contribution in [2.24, 2.45) is 0 Å². The second-order valence-corrected chi connectivity index (χ2v) is 6.10. The van der Waals surface area contributed by atoms with E-state index in [1.54, 1.807) is 11.3 Å². The van der Waals surface area contributed by atoms with E-state index in [1.807, 2.05) is 18.7 Å². The molecule has 4 heteroatoms. The van der Waals surface area contributed by atoms with Gasteiger partial charge in [-0.3, -0.25) is 0 Å². The van der Waals surface area contributed by atoms with Gasteiger partial charge in [-0.1, -0.05) is 29.5 Å². The Morgan fingerprint density at radius 1 is 1.24 bits per heavy atom. The van der Waals surface area contributed by atoms with Crippen LogP contribution >= 0.6 is 23.1 Å². The summed E-state index contributed by atoms with van der Waals surface area (Å²) in [6.45, 7) is 5.10. The largest absolute Gasteiger partial charge is 0.384 e. The van der Waals surface area contributed by atoms with E-state index < -0.39 is 0 Å². The lowest BCUT2D eigenvalue weighted by Gasteiger charge is -2.05. The standard InChI is InChI=1S/C13H16N2S2/c1-10-3-5-12(6-4-10)14-7-8-16-13-15-11(2)9-17-13/h3-6,9,14H,7-8H2,1-2H3. The fraction of sp³-hybridized carbons (Fsp3) is 0.308. The molecule has 1 aromatic carbocycles. The van der Waals surface area contributed by atoms with Crippen molar-refractivity contribution in [3.63, 3.8) is 0 Å². The van der Waals surface area contributed by atoms with Gasteiger partial charge in [-0.2, -0.15) is 0 Å². The highest BCUT2D eigenvalue weighted by atomic mass is 32.2. The van der Waals surface area contributed by atoms with Crippen LogP contribution in [-0.2, 0) is 0 Å². The summed E-state index contributed by atoms with van der Waals surface area (Å²) < 4.78 is 1.16. The predicted molar refractivity (Wildman–Crippen MR) is 77.2 cm³/mol. The molecule has 2 rings (SSSR count). The third-order valence-corrected chi connectivity index (χ3v) is 4.45. The topological polar surface area (TPSA) is 24.9 Å². The molecule has 0 fully saturated rings. The van der Waals surface area contributed by atoms with Gasteiger partial charge < -0.3 is 5.32 Å². The van der Waals surface area contributed by atoms with E-state index in [2.05, 4.69) is 46.9 Å². The molecular formula is C13H16N2S2. The lowest BCUT2D eigenvalue weighted by molar-refractivity contribution is 1.15. The number of rotatable bonds is 5. The zero-order valence-corrected chi connectivity index (χ0v) is 11.7. The minimum Gasteiger partial charge on any atom is -0.384 e. The molecule has 0 amide bonds. The third kappa shape index (κ3) is 4.06. The summed E-state index contributed by atoms with van der Waals surface area (Å²) in [6.07, 6.45) is 0. The maximum atomic E-state index is 4.42. The maximum Gasteiger partial charge on any atom is 0.150 e. The fourth-order valence-electron chi connectivity index (χ4n) is 1.40. The number of anilines is 1. The monoisotopic (exact) mass is 264 g/mol. The molecule has 0 unspecified atom stereocenters. The van der Waals surface area contributed by atoms with Gasteiger partial charge >= 0.3 is 0 Å². The second-order valence-electron chi connectivity index (χ2n) is 3.90. The van der Waals surface area contributed by atoms with E-state index in [0.717, 1.165) is 22.3 Å². The highest BCUT2D eigenvalue weighted by Gasteiger charge is 1.98. The molecule has 1 N–H and O–H groups in total. The van der Waals surface area contributed by atoms with Gasteiger partial charge in [-0.25, -0.2) is 4.98 Å². The van der Waals surface area contributed by atoms with Gasteiger partial charge in [0.15, 0.2) is 0 Å². The molecule has 17 heavy (non-hydrogen) atoms. The highest BCUT2D eigenvalue weighted by molar-refractivity contribution is 8.01. The average Bonchev–Trinajstić information content (AvgIpc) is 2.73. The number of hydrogen-bond acceptors (Lipinski definition) is 4. The van der Waals surface area contributed by atoms with Crippen molar-refractivity contribution in [2.75, 3.05) is 17.6 Å². The number of aryl methyl sites for hydroxylation is 2. The summed E-state index contributed by atoms with van der Waals surface area (Å²) in [4.78, 5) is 4.42. The first-order valence-corrected chi connectivity index (χ1v) is 7.46. The van der Waals surface area contributed by atoms with Crippen LogP contribution in [0.25, 0.3) is 0 Å². The lowest BCUT2D eigenvalue weighted by atomic mass is 10.2. The third-order valence-electron chi connectivity index (χ3n) is 2.31. The Hall–Kier alpha value is -1.00. The number of thiazole rings is 1. The molecule has 2 aromatic rings. The van der Waals surface area contributed by atoms with Gasteiger partial charge in [0, 0.05) is 29.1 Å². The fourth-order valence-corrected chi connectivity index (χ4v) is 3.18. The van der Waals surface area contributed by atoms with E-state index in [4.69, 9.17) is 0 Å². The molecular weight excluding hydrogens is 248 g/mol. The smallest absolute Gasteiger partial charge is 0.150 e. The maximum absolute atomic E-state index is 4.42. The minimum atomic E-state index is 0.965. The van der Waals surface area contributed by atoms with E-state index >= 15 is 0 Å². The normalized spacial score (nSPS) is 10.5. The molecule has 90 valence electrons. The number of benzene rings is 1. The Kier molecular flexibility index (Phi) is 4.45. The van der Waals surface area contributed by atoms with Crippen molar-refractivity contribution in [2.45, 2.75) is 18.2 Å². The zero-order chi connectivity index (χ0) is 12.1. The van der Waals surface area contributed by atoms with Crippen molar-refractivity contribution < 1.29 is 0 Å². The van der Waals surface area contributed by atoms with Crippen LogP contribution in [0.5, 0.6) is 0 Å². The van der Waals surface area contributed by atoms with Crippen LogP contribution in [-0.4, -0.2) is 17.3 Å². The van der Waals surface area contributed by atoms with E-state index in [1.165, 1.54) is 11.3 Å². The quantitative estimate of drug-likeness (QED) is 0.653. The molecule has 0 aliphatic rings. The van der Waals surface area contributed by atoms with E-state index in [9.17, 15) is 0 Å². The van der Waals surface area contributed by atoms with Gasteiger partial charge in [0.2, 0.25) is 0 Å². The first-order valence-electron chi connectivity index (χ1n) is 5.59. The first-order chi connectivity index (χ1) is 8.24. The van der Waals surface area contributed by atoms with Gasteiger partial charge in [-0.15, -0.1) is 11.3 Å². The molecule has 0 spiro atoms. The molecule has 0 saturated carbocycles. The molecule has 0 aliphatic carbocycles. The molecule has 0 radical (unpaired) electrons. The summed E-state index contributed by atoms with van der Waals surface area (Å²) in [6, 6.07) is 8.49. The number of nitrogens with one attached hydrogen (secondary N) is 1. The average molecular weight is 264 g/mol. The van der Waals surface area contributed by atoms with Gasteiger partial charge in [0.05, 0.1) is 0 Å². The molecule has 2 nitrogen and oxygen atoms in total. The number of nitrogens with zero attached hydrogens (tertiary/aromatic N) is 1. The van der Waals surface area contributed by atoms with Crippen LogP contribution in [0.2, 0.25) is 0 Å². The highest BCUT2D eigenvalue weighted by Crippen LogP contribution is 2.21. The molecule has 0 atom stereocenters. The zero-order valence-electron chi connectivity index (χ0n) is 10.1. The van der Waals surface area contributed by atoms with Crippen LogP contribution in [0, 0.1) is 13.8 Å². The summed E-state index contributed by atoms with van der Waals surface area (Å²) in [7, 11) is 0. The van der Waals surface area contributed by atoms with Crippen LogP contribution in [0.1, 0.15) is 11.3 Å². The first kappa shape index (κ1) is 12.5. The van der Waals surface area contributed by atoms with Crippen LogP contribution in [0.15, 0.2) is 34.0 Å². The van der Waals surface area contributed by atoms with Crippen molar-refractivity contribution >= 4 is 28.8 Å². The van der Waals surface area contributed by atoms with Crippen LogP contribution in [0.4, 0.5) is 5.69 Å².